The van der Waals surface area contributed by atoms with E-state index in [0.29, 0.717) is 5.82 Å². The lowest BCUT2D eigenvalue weighted by atomic mass is 9.99. The zero-order valence-corrected chi connectivity index (χ0v) is 13.0. The Morgan fingerprint density at radius 2 is 2.29 bits per heavy atom. The van der Waals surface area contributed by atoms with E-state index in [0.717, 1.165) is 35.9 Å². The van der Waals surface area contributed by atoms with E-state index >= 15 is 0 Å². The molecular formula is C15H18N3O2S-. The Labute approximate surface area is 127 Å². The molecule has 3 rings (SSSR count). The van der Waals surface area contributed by atoms with Gasteiger partial charge >= 0.3 is 0 Å². The zero-order valence-electron chi connectivity index (χ0n) is 12.2. The first-order chi connectivity index (χ1) is 10.1. The molecule has 0 bridgehead atoms. The summed E-state index contributed by atoms with van der Waals surface area (Å²) >= 11 is 1.70. The molecule has 112 valence electrons. The van der Waals surface area contributed by atoms with Crippen molar-refractivity contribution in [2.75, 3.05) is 5.32 Å². The first kappa shape index (κ1) is 14.3. The van der Waals surface area contributed by atoms with Crippen LogP contribution in [0.3, 0.4) is 0 Å². The van der Waals surface area contributed by atoms with Crippen molar-refractivity contribution >= 4 is 33.3 Å². The molecule has 0 radical (unpaired) electrons. The van der Waals surface area contributed by atoms with Gasteiger partial charge in [-0.15, -0.1) is 11.3 Å². The van der Waals surface area contributed by atoms with Gasteiger partial charge in [0.05, 0.1) is 17.4 Å². The van der Waals surface area contributed by atoms with Crippen molar-refractivity contribution < 1.29 is 9.90 Å². The van der Waals surface area contributed by atoms with E-state index < -0.39 is 12.0 Å². The number of hydrogen-bond donors (Lipinski definition) is 1. The lowest BCUT2D eigenvalue weighted by Crippen LogP contribution is -2.45. The molecule has 0 aromatic carbocycles. The van der Waals surface area contributed by atoms with Crippen molar-refractivity contribution in [1.82, 2.24) is 9.97 Å². The van der Waals surface area contributed by atoms with Crippen LogP contribution in [0.2, 0.25) is 0 Å². The molecule has 21 heavy (non-hydrogen) atoms. The molecule has 0 amide bonds. The van der Waals surface area contributed by atoms with Crippen LogP contribution >= 0.6 is 11.3 Å². The summed E-state index contributed by atoms with van der Waals surface area (Å²) in [6.07, 6.45) is 5.53. The maximum absolute atomic E-state index is 11.4. The predicted octanol–water partition coefficient (Wildman–Crippen LogP) is 1.76. The fraction of sp³-hybridized carbons (Fsp3) is 0.533. The normalized spacial score (nSPS) is 16.7. The summed E-state index contributed by atoms with van der Waals surface area (Å²) < 4.78 is 0. The molecule has 0 saturated carbocycles. The number of anilines is 1. The van der Waals surface area contributed by atoms with Crippen LogP contribution in [0.15, 0.2) is 6.33 Å². The van der Waals surface area contributed by atoms with Crippen LogP contribution in [0.5, 0.6) is 0 Å². The molecule has 0 saturated heterocycles. The summed E-state index contributed by atoms with van der Waals surface area (Å²) in [4.78, 5) is 22.3. The Balaban J connectivity index is 2.02. The number of aromatic nitrogens is 2. The summed E-state index contributed by atoms with van der Waals surface area (Å²) in [5.41, 5.74) is 1.29. The molecule has 1 N–H and O–H groups in total. The van der Waals surface area contributed by atoms with Gasteiger partial charge < -0.3 is 15.2 Å². The van der Waals surface area contributed by atoms with Crippen LogP contribution in [0.4, 0.5) is 5.82 Å². The number of thiophene rings is 1. The van der Waals surface area contributed by atoms with Gasteiger partial charge in [-0.1, -0.05) is 20.3 Å². The minimum absolute atomic E-state index is 0.0216. The minimum Gasteiger partial charge on any atom is -0.548 e. The lowest BCUT2D eigenvalue weighted by molar-refractivity contribution is -0.307. The number of hydrogen-bond acceptors (Lipinski definition) is 6. The third-order valence-corrected chi connectivity index (χ3v) is 5.46. The molecule has 2 aromatic heterocycles. The highest BCUT2D eigenvalue weighted by Crippen LogP contribution is 2.39. The van der Waals surface area contributed by atoms with Crippen LogP contribution in [-0.4, -0.2) is 22.0 Å². The van der Waals surface area contributed by atoms with Gasteiger partial charge in [0.15, 0.2) is 0 Å². The Hall–Kier alpha value is -1.69. The van der Waals surface area contributed by atoms with E-state index in [2.05, 4.69) is 15.3 Å². The molecule has 0 fully saturated rings. The fourth-order valence-electron chi connectivity index (χ4n) is 2.85. The number of fused-ring (bicyclic) bond motifs is 3. The molecule has 1 aliphatic rings. The Morgan fingerprint density at radius 1 is 1.48 bits per heavy atom. The van der Waals surface area contributed by atoms with Gasteiger partial charge in [0.1, 0.15) is 17.0 Å². The van der Waals surface area contributed by atoms with Crippen molar-refractivity contribution in [2.45, 2.75) is 45.6 Å². The van der Waals surface area contributed by atoms with Crippen molar-refractivity contribution in [2.24, 2.45) is 5.92 Å². The lowest BCUT2D eigenvalue weighted by Gasteiger charge is -2.26. The average molecular weight is 304 g/mol. The largest absolute Gasteiger partial charge is 0.548 e. The number of carboxylic acids is 1. The number of carbonyl (C=O) groups is 1. The van der Waals surface area contributed by atoms with Crippen molar-refractivity contribution in [1.29, 1.82) is 0 Å². The Morgan fingerprint density at radius 3 is 3.00 bits per heavy atom. The minimum atomic E-state index is -1.08. The second-order valence-corrected chi connectivity index (χ2v) is 6.67. The number of rotatable bonds is 5. The molecule has 0 spiro atoms. The fourth-order valence-corrected chi connectivity index (χ4v) is 4.08. The summed E-state index contributed by atoms with van der Waals surface area (Å²) in [6.45, 7) is 3.88. The number of aryl methyl sites for hydroxylation is 2. The summed E-state index contributed by atoms with van der Waals surface area (Å²) in [5.74, 6) is -0.469. The molecule has 5 nitrogen and oxygen atoms in total. The maximum atomic E-state index is 11.4. The van der Waals surface area contributed by atoms with Gasteiger partial charge in [0.2, 0.25) is 0 Å². The predicted molar refractivity (Wildman–Crippen MR) is 81.3 cm³/mol. The van der Waals surface area contributed by atoms with Crippen LogP contribution in [-0.2, 0) is 17.6 Å². The van der Waals surface area contributed by atoms with Gasteiger partial charge in [-0.3, -0.25) is 0 Å². The number of aliphatic carboxylic acids is 1. The standard InChI is InChI=1S/C15H19N3O2S/c1-3-8(2)12(15(19)20)18-13-11-9-5-4-6-10(9)21-14(11)17-7-16-13/h7-8,12H,3-6H2,1-2H3,(H,19,20)(H,16,17,18)/p-1/t8-,12-/m0/s1. The number of carbonyl (C=O) groups excluding carboxylic acids is 1. The smallest absolute Gasteiger partial charge is 0.138 e. The van der Waals surface area contributed by atoms with Gasteiger partial charge in [-0.2, -0.15) is 0 Å². The molecule has 1 aliphatic carbocycles. The van der Waals surface area contributed by atoms with E-state index in [4.69, 9.17) is 0 Å². The molecule has 2 atom stereocenters. The monoisotopic (exact) mass is 304 g/mol. The highest BCUT2D eigenvalue weighted by Gasteiger charge is 2.24. The van der Waals surface area contributed by atoms with Crippen molar-refractivity contribution in [3.05, 3.63) is 16.8 Å². The highest BCUT2D eigenvalue weighted by molar-refractivity contribution is 7.19. The van der Waals surface area contributed by atoms with E-state index in [-0.39, 0.29) is 5.92 Å². The average Bonchev–Trinajstić information content (AvgIpc) is 3.03. The molecule has 0 unspecified atom stereocenters. The third kappa shape index (κ3) is 2.48. The van der Waals surface area contributed by atoms with Crippen LogP contribution in [0.25, 0.3) is 10.2 Å². The van der Waals surface area contributed by atoms with Crippen LogP contribution in [0.1, 0.15) is 37.1 Å². The summed E-state index contributed by atoms with van der Waals surface area (Å²) in [7, 11) is 0. The second-order valence-electron chi connectivity index (χ2n) is 5.59. The molecular weight excluding hydrogens is 286 g/mol. The number of nitrogens with zero attached hydrogens (tertiary/aromatic N) is 2. The molecule has 6 heteroatoms. The quantitative estimate of drug-likeness (QED) is 0.910. The Kier molecular flexibility index (Phi) is 3.80. The topological polar surface area (TPSA) is 77.9 Å². The van der Waals surface area contributed by atoms with Crippen molar-refractivity contribution in [3.8, 4) is 0 Å². The highest BCUT2D eigenvalue weighted by atomic mass is 32.1. The van der Waals surface area contributed by atoms with Crippen LogP contribution < -0.4 is 10.4 Å². The van der Waals surface area contributed by atoms with Gasteiger partial charge in [-0.05, 0) is 30.7 Å². The maximum Gasteiger partial charge on any atom is 0.138 e. The third-order valence-electron chi connectivity index (χ3n) is 4.26. The summed E-state index contributed by atoms with van der Waals surface area (Å²) in [5, 5.41) is 15.5. The number of carboxylic acid groups (broad SMARTS) is 1. The molecule has 2 heterocycles. The van der Waals surface area contributed by atoms with E-state index in [1.165, 1.54) is 16.8 Å². The first-order valence-electron chi connectivity index (χ1n) is 7.34. The van der Waals surface area contributed by atoms with Gasteiger partial charge in [0, 0.05) is 4.88 Å². The molecule has 2 aromatic rings. The van der Waals surface area contributed by atoms with Gasteiger partial charge in [-0.25, -0.2) is 9.97 Å². The zero-order chi connectivity index (χ0) is 15.0. The summed E-state index contributed by atoms with van der Waals surface area (Å²) in [6, 6.07) is -0.731. The first-order valence-corrected chi connectivity index (χ1v) is 8.16. The van der Waals surface area contributed by atoms with Crippen LogP contribution in [0, 0.1) is 5.92 Å². The number of nitrogens with one attached hydrogen (secondary N) is 1. The van der Waals surface area contributed by atoms with E-state index in [1.807, 2.05) is 13.8 Å². The SMILES string of the molecule is CC[C@H](C)[C@H](Nc1ncnc2sc3c(c12)CCC3)C(=O)[O-]. The second kappa shape index (κ2) is 5.60. The van der Waals surface area contributed by atoms with Crippen molar-refractivity contribution in [3.63, 3.8) is 0 Å². The Bertz CT molecular complexity index is 683. The van der Waals surface area contributed by atoms with Gasteiger partial charge in [0.25, 0.3) is 0 Å². The molecule has 0 aliphatic heterocycles. The van der Waals surface area contributed by atoms with E-state index in [9.17, 15) is 9.90 Å². The van der Waals surface area contributed by atoms with E-state index in [1.54, 1.807) is 11.3 Å².